The van der Waals surface area contributed by atoms with E-state index in [1.807, 2.05) is 18.5 Å². The maximum absolute atomic E-state index is 4.19. The molecule has 1 aromatic heterocycles. The summed E-state index contributed by atoms with van der Waals surface area (Å²) in [6.45, 7) is 0. The van der Waals surface area contributed by atoms with Gasteiger partial charge in [-0.15, -0.1) is 0 Å². The second kappa shape index (κ2) is 3.46. The zero-order valence-corrected chi connectivity index (χ0v) is 9.06. The number of nitrogens with zero attached hydrogens (tertiary/aromatic N) is 2. The third kappa shape index (κ3) is 1.49. The second-order valence-corrected chi connectivity index (χ2v) is 4.60. The summed E-state index contributed by atoms with van der Waals surface area (Å²) < 4.78 is 0. The largest absolute Gasteiger partial charge is 0.297 e. The Morgan fingerprint density at radius 3 is 3.07 bits per heavy atom. The molecule has 1 aromatic rings. The van der Waals surface area contributed by atoms with E-state index in [1.165, 1.54) is 30.4 Å². The molecule has 2 aliphatic rings. The summed E-state index contributed by atoms with van der Waals surface area (Å²) in [7, 11) is 2.25. The molecular formula is C13H16N2. The first-order chi connectivity index (χ1) is 7.34. The van der Waals surface area contributed by atoms with Crippen LogP contribution in [0.25, 0.3) is 5.57 Å². The minimum Gasteiger partial charge on any atom is -0.297 e. The Bertz CT molecular complexity index is 383. The quantitative estimate of drug-likeness (QED) is 0.691. The fourth-order valence-electron chi connectivity index (χ4n) is 2.81. The van der Waals surface area contributed by atoms with Gasteiger partial charge in [-0.25, -0.2) is 0 Å². The van der Waals surface area contributed by atoms with Crippen LogP contribution in [0.2, 0.25) is 0 Å². The van der Waals surface area contributed by atoms with E-state index in [0.29, 0.717) is 6.04 Å². The molecule has 1 fully saturated rings. The molecule has 78 valence electrons. The van der Waals surface area contributed by atoms with Crippen molar-refractivity contribution in [3.63, 3.8) is 0 Å². The molecule has 0 aromatic carbocycles. The van der Waals surface area contributed by atoms with Crippen LogP contribution in [-0.4, -0.2) is 29.0 Å². The van der Waals surface area contributed by atoms with Crippen molar-refractivity contribution in [3.05, 3.63) is 36.2 Å². The van der Waals surface area contributed by atoms with Gasteiger partial charge in [0.25, 0.3) is 0 Å². The van der Waals surface area contributed by atoms with Gasteiger partial charge in [0.05, 0.1) is 0 Å². The SMILES string of the molecule is CN1[C@H]2CC[C@@H]1C=C(c1cccnc1)C2. The van der Waals surface area contributed by atoms with Gasteiger partial charge < -0.3 is 0 Å². The van der Waals surface area contributed by atoms with Crippen LogP contribution in [-0.2, 0) is 0 Å². The molecule has 3 rings (SSSR count). The zero-order chi connectivity index (χ0) is 10.3. The molecule has 0 radical (unpaired) electrons. The van der Waals surface area contributed by atoms with E-state index >= 15 is 0 Å². The van der Waals surface area contributed by atoms with Crippen molar-refractivity contribution in [2.24, 2.45) is 0 Å². The highest BCUT2D eigenvalue weighted by atomic mass is 15.2. The smallest absolute Gasteiger partial charge is 0.0342 e. The Morgan fingerprint density at radius 2 is 2.33 bits per heavy atom. The summed E-state index contributed by atoms with van der Waals surface area (Å²) in [6, 6.07) is 5.62. The lowest BCUT2D eigenvalue weighted by Crippen LogP contribution is -2.34. The van der Waals surface area contributed by atoms with Gasteiger partial charge in [-0.1, -0.05) is 12.1 Å². The predicted molar refractivity (Wildman–Crippen MR) is 61.4 cm³/mol. The van der Waals surface area contributed by atoms with Gasteiger partial charge in [0, 0.05) is 24.5 Å². The molecule has 2 aliphatic heterocycles. The Balaban J connectivity index is 1.94. The van der Waals surface area contributed by atoms with Gasteiger partial charge >= 0.3 is 0 Å². The molecule has 0 amide bonds. The summed E-state index contributed by atoms with van der Waals surface area (Å²) >= 11 is 0. The summed E-state index contributed by atoms with van der Waals surface area (Å²) in [4.78, 5) is 6.71. The standard InChI is InChI=1S/C13H16N2/c1-15-12-4-5-13(15)8-11(7-12)10-3-2-6-14-9-10/h2-3,6-7,9,12-13H,4-5,8H2,1H3/t12-,13+/m1/s1. The Morgan fingerprint density at radius 1 is 1.40 bits per heavy atom. The molecule has 0 unspecified atom stereocenters. The van der Waals surface area contributed by atoms with Gasteiger partial charge in [0.15, 0.2) is 0 Å². The zero-order valence-electron chi connectivity index (χ0n) is 9.06. The number of pyridine rings is 1. The van der Waals surface area contributed by atoms with Gasteiger partial charge in [0.2, 0.25) is 0 Å². The van der Waals surface area contributed by atoms with Crippen LogP contribution in [0.5, 0.6) is 0 Å². The number of aromatic nitrogens is 1. The van der Waals surface area contributed by atoms with Crippen LogP contribution in [0.4, 0.5) is 0 Å². The van der Waals surface area contributed by atoms with Crippen molar-refractivity contribution in [2.45, 2.75) is 31.3 Å². The Kier molecular flexibility index (Phi) is 2.10. The third-order valence-electron chi connectivity index (χ3n) is 3.78. The molecule has 0 aliphatic carbocycles. The van der Waals surface area contributed by atoms with Crippen molar-refractivity contribution >= 4 is 5.57 Å². The number of likely N-dealkylation sites (N-methyl/N-ethyl adjacent to an activating group) is 1. The van der Waals surface area contributed by atoms with E-state index in [0.717, 1.165) is 6.04 Å². The van der Waals surface area contributed by atoms with E-state index in [9.17, 15) is 0 Å². The average Bonchev–Trinajstić information content (AvgIpc) is 2.54. The lowest BCUT2D eigenvalue weighted by molar-refractivity contribution is 0.264. The molecule has 15 heavy (non-hydrogen) atoms. The molecule has 0 N–H and O–H groups in total. The van der Waals surface area contributed by atoms with Crippen LogP contribution in [0, 0.1) is 0 Å². The van der Waals surface area contributed by atoms with E-state index in [-0.39, 0.29) is 0 Å². The van der Waals surface area contributed by atoms with E-state index in [4.69, 9.17) is 0 Å². The average molecular weight is 200 g/mol. The first-order valence-corrected chi connectivity index (χ1v) is 5.67. The molecule has 2 atom stereocenters. The lowest BCUT2D eigenvalue weighted by atomic mass is 9.96. The van der Waals surface area contributed by atoms with Crippen molar-refractivity contribution in [1.82, 2.24) is 9.88 Å². The lowest BCUT2D eigenvalue weighted by Gasteiger charge is -2.30. The molecule has 2 bridgehead atoms. The summed E-state index contributed by atoms with van der Waals surface area (Å²) in [5, 5.41) is 0. The number of hydrogen-bond acceptors (Lipinski definition) is 2. The molecular weight excluding hydrogens is 184 g/mol. The van der Waals surface area contributed by atoms with Gasteiger partial charge in [-0.2, -0.15) is 0 Å². The van der Waals surface area contributed by atoms with Gasteiger partial charge in [-0.3, -0.25) is 9.88 Å². The summed E-state index contributed by atoms with van der Waals surface area (Å²) in [5.41, 5.74) is 2.80. The van der Waals surface area contributed by atoms with E-state index in [2.05, 4.69) is 29.1 Å². The number of hydrogen-bond donors (Lipinski definition) is 0. The van der Waals surface area contributed by atoms with Crippen LogP contribution in [0.1, 0.15) is 24.8 Å². The van der Waals surface area contributed by atoms with Crippen molar-refractivity contribution in [1.29, 1.82) is 0 Å². The first-order valence-electron chi connectivity index (χ1n) is 5.67. The van der Waals surface area contributed by atoms with E-state index < -0.39 is 0 Å². The highest BCUT2D eigenvalue weighted by Gasteiger charge is 2.33. The molecule has 0 saturated carbocycles. The van der Waals surface area contributed by atoms with E-state index in [1.54, 1.807) is 0 Å². The maximum atomic E-state index is 4.19. The van der Waals surface area contributed by atoms with Crippen molar-refractivity contribution in [2.75, 3.05) is 7.05 Å². The fourth-order valence-corrected chi connectivity index (χ4v) is 2.81. The second-order valence-electron chi connectivity index (χ2n) is 4.60. The molecule has 3 heterocycles. The Hall–Kier alpha value is -1.15. The molecule has 2 nitrogen and oxygen atoms in total. The third-order valence-corrected chi connectivity index (χ3v) is 3.78. The minimum atomic E-state index is 0.666. The highest BCUT2D eigenvalue weighted by molar-refractivity contribution is 5.67. The normalized spacial score (nSPS) is 30.3. The highest BCUT2D eigenvalue weighted by Crippen LogP contribution is 2.36. The van der Waals surface area contributed by atoms with Crippen LogP contribution in [0.3, 0.4) is 0 Å². The molecule has 0 spiro atoms. The molecule has 1 saturated heterocycles. The predicted octanol–water partition coefficient (Wildman–Crippen LogP) is 2.33. The summed E-state index contributed by atoms with van der Waals surface area (Å²) in [6.07, 6.45) is 10.1. The van der Waals surface area contributed by atoms with Crippen molar-refractivity contribution < 1.29 is 0 Å². The maximum Gasteiger partial charge on any atom is 0.0342 e. The summed E-state index contributed by atoms with van der Waals surface area (Å²) in [5.74, 6) is 0. The van der Waals surface area contributed by atoms with Crippen LogP contribution < -0.4 is 0 Å². The van der Waals surface area contributed by atoms with Gasteiger partial charge in [0.1, 0.15) is 0 Å². The minimum absolute atomic E-state index is 0.666. The fraction of sp³-hybridized carbons (Fsp3) is 0.462. The Labute approximate surface area is 90.6 Å². The first kappa shape index (κ1) is 9.10. The molecule has 2 heteroatoms. The topological polar surface area (TPSA) is 16.1 Å². The van der Waals surface area contributed by atoms with Crippen LogP contribution >= 0.6 is 0 Å². The van der Waals surface area contributed by atoms with Crippen molar-refractivity contribution in [3.8, 4) is 0 Å². The van der Waals surface area contributed by atoms with Gasteiger partial charge in [-0.05, 0) is 43.5 Å². The van der Waals surface area contributed by atoms with Crippen LogP contribution in [0.15, 0.2) is 30.6 Å². The number of fused-ring (bicyclic) bond motifs is 2. The number of rotatable bonds is 1. The monoisotopic (exact) mass is 200 g/mol.